The van der Waals surface area contributed by atoms with Crippen LogP contribution < -0.4 is 5.32 Å². The van der Waals surface area contributed by atoms with Gasteiger partial charge in [-0.15, -0.1) is 11.3 Å². The number of methoxy groups -OCH3 is 1. The third-order valence-electron chi connectivity index (χ3n) is 3.29. The van der Waals surface area contributed by atoms with E-state index in [0.29, 0.717) is 31.4 Å². The van der Waals surface area contributed by atoms with E-state index in [-0.39, 0.29) is 18.0 Å². The molecule has 134 valence electrons. The molecule has 0 fully saturated rings. The monoisotopic (exact) mass is 364 g/mol. The predicted molar refractivity (Wildman–Crippen MR) is 93.7 cm³/mol. The van der Waals surface area contributed by atoms with Gasteiger partial charge in [0, 0.05) is 31.0 Å². The van der Waals surface area contributed by atoms with E-state index < -0.39 is 5.97 Å². The zero-order valence-corrected chi connectivity index (χ0v) is 14.7. The van der Waals surface area contributed by atoms with Gasteiger partial charge in [0.05, 0.1) is 19.8 Å². The Balaban J connectivity index is 1.84. The van der Waals surface area contributed by atoms with Crippen LogP contribution in [0.25, 0.3) is 10.6 Å². The van der Waals surface area contributed by atoms with Crippen LogP contribution in [0.4, 0.5) is 0 Å². The number of carboxylic acid groups (broad SMARTS) is 1. The molecule has 2 N–H and O–H groups in total. The molecule has 0 radical (unpaired) electrons. The number of thiazole rings is 1. The minimum absolute atomic E-state index is 0.0344. The Morgan fingerprint density at radius 2 is 2.12 bits per heavy atom. The smallest absolute Gasteiger partial charge is 0.355 e. The number of nitrogens with one attached hydrogen (secondary N) is 1. The van der Waals surface area contributed by atoms with Gasteiger partial charge in [0.25, 0.3) is 0 Å². The van der Waals surface area contributed by atoms with Gasteiger partial charge in [-0.1, -0.05) is 18.2 Å². The highest BCUT2D eigenvalue weighted by Crippen LogP contribution is 2.24. The third kappa shape index (κ3) is 6.26. The summed E-state index contributed by atoms with van der Waals surface area (Å²) in [6.45, 7) is 1.72. The van der Waals surface area contributed by atoms with Crippen molar-refractivity contribution in [2.45, 2.75) is 13.0 Å². The first-order valence-electron chi connectivity index (χ1n) is 7.71. The molecular formula is C17H20N2O5S. The van der Waals surface area contributed by atoms with Crippen LogP contribution in [-0.2, 0) is 20.8 Å². The highest BCUT2D eigenvalue weighted by atomic mass is 32.1. The second-order valence-corrected chi connectivity index (χ2v) is 6.03. The molecule has 0 atom stereocenters. The highest BCUT2D eigenvalue weighted by molar-refractivity contribution is 7.13. The maximum Gasteiger partial charge on any atom is 0.355 e. The molecule has 0 unspecified atom stereocenters. The number of aromatic carboxylic acids is 1. The van der Waals surface area contributed by atoms with Crippen molar-refractivity contribution in [1.29, 1.82) is 0 Å². The van der Waals surface area contributed by atoms with Crippen LogP contribution in [0.5, 0.6) is 0 Å². The van der Waals surface area contributed by atoms with Gasteiger partial charge in [0.15, 0.2) is 5.69 Å². The number of aromatic nitrogens is 1. The maximum absolute atomic E-state index is 11.8. The van der Waals surface area contributed by atoms with Crippen molar-refractivity contribution in [2.75, 3.05) is 26.9 Å². The minimum Gasteiger partial charge on any atom is -0.476 e. The van der Waals surface area contributed by atoms with Crippen LogP contribution >= 0.6 is 11.3 Å². The Hall–Kier alpha value is -2.29. The van der Waals surface area contributed by atoms with Crippen molar-refractivity contribution in [3.05, 3.63) is 40.9 Å². The Morgan fingerprint density at radius 1 is 1.28 bits per heavy atom. The zero-order valence-electron chi connectivity index (χ0n) is 13.9. The first kappa shape index (κ1) is 19.0. The Morgan fingerprint density at radius 3 is 2.84 bits per heavy atom. The van der Waals surface area contributed by atoms with E-state index >= 15 is 0 Å². The molecule has 1 aromatic carbocycles. The van der Waals surface area contributed by atoms with Gasteiger partial charge >= 0.3 is 5.97 Å². The largest absolute Gasteiger partial charge is 0.476 e. The number of amides is 1. The summed E-state index contributed by atoms with van der Waals surface area (Å²) in [6, 6.07) is 7.50. The number of carbonyl (C=O) groups excluding carboxylic acids is 1. The molecule has 0 saturated heterocycles. The van der Waals surface area contributed by atoms with Gasteiger partial charge in [0.2, 0.25) is 5.91 Å². The van der Waals surface area contributed by atoms with Gasteiger partial charge in [-0.25, -0.2) is 9.78 Å². The second kappa shape index (κ2) is 9.87. The van der Waals surface area contributed by atoms with Crippen molar-refractivity contribution < 1.29 is 24.2 Å². The predicted octanol–water partition coefficient (Wildman–Crippen LogP) is 2.18. The molecule has 0 bridgehead atoms. The third-order valence-corrected chi connectivity index (χ3v) is 4.18. The average molecular weight is 364 g/mol. The molecular weight excluding hydrogens is 344 g/mol. The molecule has 2 aromatic rings. The second-order valence-electron chi connectivity index (χ2n) is 5.18. The minimum atomic E-state index is -1.04. The lowest BCUT2D eigenvalue weighted by Gasteiger charge is -2.07. The Bertz CT molecular complexity index is 717. The van der Waals surface area contributed by atoms with E-state index in [1.807, 2.05) is 24.3 Å². The fourth-order valence-electron chi connectivity index (χ4n) is 2.02. The first-order chi connectivity index (χ1) is 12.1. The zero-order chi connectivity index (χ0) is 18.1. The van der Waals surface area contributed by atoms with Gasteiger partial charge in [-0.05, 0) is 11.6 Å². The molecule has 25 heavy (non-hydrogen) atoms. The SMILES string of the molecule is COCCOCCC(=O)NCc1cccc(-c2nc(C(=O)O)cs2)c1. The van der Waals surface area contributed by atoms with E-state index in [0.717, 1.165) is 11.1 Å². The molecule has 1 amide bonds. The van der Waals surface area contributed by atoms with Crippen LogP contribution in [0.2, 0.25) is 0 Å². The summed E-state index contributed by atoms with van der Waals surface area (Å²) in [5, 5.41) is 13.9. The number of ether oxygens (including phenoxy) is 2. The highest BCUT2D eigenvalue weighted by Gasteiger charge is 2.10. The molecule has 1 aromatic heterocycles. The van der Waals surface area contributed by atoms with Crippen molar-refractivity contribution in [2.24, 2.45) is 0 Å². The van der Waals surface area contributed by atoms with Gasteiger partial charge in [-0.2, -0.15) is 0 Å². The van der Waals surface area contributed by atoms with Crippen molar-refractivity contribution in [1.82, 2.24) is 10.3 Å². The number of carbonyl (C=O) groups is 2. The summed E-state index contributed by atoms with van der Waals surface area (Å²) in [5.41, 5.74) is 1.78. The summed E-state index contributed by atoms with van der Waals surface area (Å²) in [6.07, 6.45) is 0.290. The number of hydrogen-bond acceptors (Lipinski definition) is 6. The quantitative estimate of drug-likeness (QED) is 0.627. The van der Waals surface area contributed by atoms with E-state index in [2.05, 4.69) is 10.3 Å². The molecule has 0 aliphatic heterocycles. The standard InChI is InChI=1S/C17H20N2O5S/c1-23-7-8-24-6-5-15(20)18-10-12-3-2-4-13(9-12)16-19-14(11-25-16)17(21)22/h2-4,9,11H,5-8,10H2,1H3,(H,18,20)(H,21,22). The van der Waals surface area contributed by atoms with Crippen LogP contribution in [-0.4, -0.2) is 48.9 Å². The van der Waals surface area contributed by atoms with Gasteiger partial charge in [-0.3, -0.25) is 4.79 Å². The van der Waals surface area contributed by atoms with Crippen molar-refractivity contribution in [3.8, 4) is 10.6 Å². The lowest BCUT2D eigenvalue weighted by Crippen LogP contribution is -2.24. The topological polar surface area (TPSA) is 97.8 Å². The van der Waals surface area contributed by atoms with Crippen molar-refractivity contribution in [3.63, 3.8) is 0 Å². The lowest BCUT2D eigenvalue weighted by molar-refractivity contribution is -0.122. The van der Waals surface area contributed by atoms with E-state index in [1.54, 1.807) is 7.11 Å². The molecule has 1 heterocycles. The fraction of sp³-hybridized carbons (Fsp3) is 0.353. The fourth-order valence-corrected chi connectivity index (χ4v) is 2.81. The molecule has 0 aliphatic rings. The van der Waals surface area contributed by atoms with Crippen LogP contribution in [0.15, 0.2) is 29.6 Å². The number of rotatable bonds is 10. The normalized spacial score (nSPS) is 10.6. The summed E-state index contributed by atoms with van der Waals surface area (Å²) >= 11 is 1.28. The first-order valence-corrected chi connectivity index (χ1v) is 8.59. The molecule has 7 nitrogen and oxygen atoms in total. The Kier molecular flexibility index (Phi) is 7.52. The maximum atomic E-state index is 11.8. The number of benzene rings is 1. The van der Waals surface area contributed by atoms with Gasteiger partial charge in [0.1, 0.15) is 5.01 Å². The van der Waals surface area contributed by atoms with Crippen LogP contribution in [0, 0.1) is 0 Å². The molecule has 0 spiro atoms. The van der Waals surface area contributed by atoms with E-state index in [1.165, 1.54) is 16.7 Å². The average Bonchev–Trinajstić information content (AvgIpc) is 3.10. The molecule has 2 rings (SSSR count). The van der Waals surface area contributed by atoms with Crippen molar-refractivity contribution >= 4 is 23.2 Å². The van der Waals surface area contributed by atoms with E-state index in [9.17, 15) is 9.59 Å². The summed E-state index contributed by atoms with van der Waals surface area (Å²) < 4.78 is 10.1. The van der Waals surface area contributed by atoms with Crippen LogP contribution in [0.1, 0.15) is 22.5 Å². The number of nitrogens with zero attached hydrogens (tertiary/aromatic N) is 1. The van der Waals surface area contributed by atoms with Gasteiger partial charge < -0.3 is 19.9 Å². The number of carboxylic acids is 1. The molecule has 0 saturated carbocycles. The molecule has 8 heteroatoms. The Labute approximate surface area is 149 Å². The molecule has 0 aliphatic carbocycles. The lowest BCUT2D eigenvalue weighted by atomic mass is 10.1. The number of hydrogen-bond donors (Lipinski definition) is 2. The van der Waals surface area contributed by atoms with E-state index in [4.69, 9.17) is 14.6 Å². The summed E-state index contributed by atoms with van der Waals surface area (Å²) in [7, 11) is 1.60. The summed E-state index contributed by atoms with van der Waals surface area (Å²) in [4.78, 5) is 26.8. The summed E-state index contributed by atoms with van der Waals surface area (Å²) in [5.74, 6) is -1.14. The van der Waals surface area contributed by atoms with Crippen LogP contribution in [0.3, 0.4) is 0 Å².